The van der Waals surface area contributed by atoms with E-state index in [0.717, 1.165) is 5.56 Å². The second-order valence-electron chi connectivity index (χ2n) is 7.48. The molecule has 1 atom stereocenters. The lowest BCUT2D eigenvalue weighted by Gasteiger charge is -2.24. The van der Waals surface area contributed by atoms with Crippen molar-refractivity contribution in [1.82, 2.24) is 14.9 Å². The minimum atomic E-state index is -3.80. The van der Waals surface area contributed by atoms with Gasteiger partial charge in [0.1, 0.15) is 6.23 Å². The molecular weight excluding hydrogens is 382 g/mol. The maximum Gasteiger partial charge on any atom is 0.309 e. The Morgan fingerprint density at radius 2 is 1.71 bits per heavy atom. The van der Waals surface area contributed by atoms with Gasteiger partial charge in [0.2, 0.25) is 10.0 Å². The highest BCUT2D eigenvalue weighted by atomic mass is 32.2. The molecule has 0 unspecified atom stereocenters. The molecule has 1 fully saturated rings. The van der Waals surface area contributed by atoms with Crippen LogP contribution in [-0.4, -0.2) is 57.0 Å². The zero-order valence-electron chi connectivity index (χ0n) is 17.0. The van der Waals surface area contributed by atoms with Crippen molar-refractivity contribution in [3.8, 4) is 0 Å². The van der Waals surface area contributed by atoms with Crippen molar-refractivity contribution in [2.75, 3.05) is 26.2 Å². The van der Waals surface area contributed by atoms with Gasteiger partial charge in [-0.3, -0.25) is 9.59 Å². The van der Waals surface area contributed by atoms with Gasteiger partial charge in [0.05, 0.1) is 18.0 Å². The summed E-state index contributed by atoms with van der Waals surface area (Å²) in [6.07, 6.45) is -0.855. The predicted octanol–water partition coefficient (Wildman–Crippen LogP) is 0.847. The van der Waals surface area contributed by atoms with Gasteiger partial charge in [0.25, 0.3) is 0 Å². The van der Waals surface area contributed by atoms with E-state index in [4.69, 9.17) is 4.74 Å². The van der Waals surface area contributed by atoms with Crippen molar-refractivity contribution in [3.63, 3.8) is 0 Å². The number of carbonyl (C=O) groups is 2. The van der Waals surface area contributed by atoms with Crippen molar-refractivity contribution in [3.05, 3.63) is 28.8 Å². The van der Waals surface area contributed by atoms with E-state index >= 15 is 0 Å². The average Bonchev–Trinajstić information content (AvgIpc) is 3.05. The van der Waals surface area contributed by atoms with Gasteiger partial charge in [-0.25, -0.2) is 8.42 Å². The third kappa shape index (κ3) is 5.09. The smallest absolute Gasteiger partial charge is 0.309 e. The van der Waals surface area contributed by atoms with Gasteiger partial charge in [0, 0.05) is 13.1 Å². The molecule has 0 aromatic heterocycles. The topological polar surface area (TPSA) is 105 Å². The quantitative estimate of drug-likeness (QED) is 0.675. The molecule has 1 aliphatic heterocycles. The first-order valence-corrected chi connectivity index (χ1v) is 10.8. The number of nitrogens with one attached hydrogen (secondary N) is 2. The summed E-state index contributed by atoms with van der Waals surface area (Å²) >= 11 is 0. The van der Waals surface area contributed by atoms with Crippen molar-refractivity contribution < 1.29 is 22.7 Å². The molecule has 1 heterocycles. The molecule has 2 N–H and O–H groups in total. The third-order valence-corrected chi connectivity index (χ3v) is 6.62. The third-order valence-electron chi connectivity index (χ3n) is 4.43. The zero-order chi connectivity index (χ0) is 21.1. The molecule has 28 heavy (non-hydrogen) atoms. The normalized spacial score (nSPS) is 17.7. The Morgan fingerprint density at radius 1 is 1.14 bits per heavy atom. The van der Waals surface area contributed by atoms with Crippen LogP contribution in [-0.2, 0) is 24.3 Å². The minimum Gasteiger partial charge on any atom is -0.359 e. The van der Waals surface area contributed by atoms with E-state index in [9.17, 15) is 18.0 Å². The van der Waals surface area contributed by atoms with Crippen molar-refractivity contribution in [2.24, 2.45) is 5.92 Å². The maximum absolute atomic E-state index is 13.2. The lowest BCUT2D eigenvalue weighted by Crippen LogP contribution is -2.48. The SMILES string of the molecule is Cc1cc(C)c(S(=O)(=O)N2CCO[C@H]2CNC(=O)C(=O)NCC(C)C)c(C)c1. The molecule has 0 saturated carbocycles. The Morgan fingerprint density at radius 3 is 2.29 bits per heavy atom. The number of benzene rings is 1. The molecule has 156 valence electrons. The van der Waals surface area contributed by atoms with Gasteiger partial charge in [-0.05, 0) is 37.8 Å². The fraction of sp³-hybridized carbons (Fsp3) is 0.579. The summed E-state index contributed by atoms with van der Waals surface area (Å²) in [5.74, 6) is -1.33. The van der Waals surface area contributed by atoms with Gasteiger partial charge < -0.3 is 15.4 Å². The molecule has 0 bridgehead atoms. The summed E-state index contributed by atoms with van der Waals surface area (Å²) in [5, 5.41) is 4.98. The Balaban J connectivity index is 2.10. The second-order valence-corrected chi connectivity index (χ2v) is 9.31. The Kier molecular flexibility index (Phi) is 7.19. The number of amides is 2. The van der Waals surface area contributed by atoms with E-state index in [2.05, 4.69) is 10.6 Å². The maximum atomic E-state index is 13.2. The molecule has 1 aromatic carbocycles. The van der Waals surface area contributed by atoms with Crippen LogP contribution in [0.2, 0.25) is 0 Å². The Bertz CT molecular complexity index is 828. The Hall–Kier alpha value is -1.97. The van der Waals surface area contributed by atoms with E-state index in [1.165, 1.54) is 4.31 Å². The van der Waals surface area contributed by atoms with Crippen LogP contribution < -0.4 is 10.6 Å². The second kappa shape index (κ2) is 9.02. The summed E-state index contributed by atoms with van der Waals surface area (Å²) in [5.41, 5.74) is 2.32. The van der Waals surface area contributed by atoms with E-state index in [0.29, 0.717) is 17.7 Å². The largest absolute Gasteiger partial charge is 0.359 e. The van der Waals surface area contributed by atoms with Crippen molar-refractivity contribution in [2.45, 2.75) is 45.7 Å². The lowest BCUT2D eigenvalue weighted by atomic mass is 10.1. The van der Waals surface area contributed by atoms with Crippen LogP contribution in [0.5, 0.6) is 0 Å². The molecule has 8 nitrogen and oxygen atoms in total. The summed E-state index contributed by atoms with van der Waals surface area (Å²) in [4.78, 5) is 24.0. The van der Waals surface area contributed by atoms with Crippen LogP contribution in [0.1, 0.15) is 30.5 Å². The molecule has 1 saturated heterocycles. The van der Waals surface area contributed by atoms with E-state index < -0.39 is 28.1 Å². The lowest BCUT2D eigenvalue weighted by molar-refractivity contribution is -0.139. The van der Waals surface area contributed by atoms with Gasteiger partial charge in [-0.15, -0.1) is 0 Å². The molecule has 0 spiro atoms. The minimum absolute atomic E-state index is 0.100. The van der Waals surface area contributed by atoms with Crippen molar-refractivity contribution in [1.29, 1.82) is 0 Å². The molecule has 2 amide bonds. The van der Waals surface area contributed by atoms with Gasteiger partial charge in [-0.2, -0.15) is 4.31 Å². The number of sulfonamides is 1. The van der Waals surface area contributed by atoms with E-state index in [-0.39, 0.29) is 30.5 Å². The van der Waals surface area contributed by atoms with Crippen LogP contribution in [0.3, 0.4) is 0 Å². The summed E-state index contributed by atoms with van der Waals surface area (Å²) in [6, 6.07) is 3.65. The number of nitrogens with zero attached hydrogens (tertiary/aromatic N) is 1. The van der Waals surface area contributed by atoms with Crippen LogP contribution in [0, 0.1) is 26.7 Å². The van der Waals surface area contributed by atoms with Crippen LogP contribution >= 0.6 is 0 Å². The number of rotatable bonds is 6. The summed E-state index contributed by atoms with van der Waals surface area (Å²) in [6.45, 7) is 9.98. The molecule has 2 rings (SSSR count). The monoisotopic (exact) mass is 411 g/mol. The number of carbonyl (C=O) groups excluding carboxylic acids is 2. The Labute approximate surface area is 166 Å². The van der Waals surface area contributed by atoms with E-state index in [1.807, 2.05) is 32.9 Å². The molecule has 1 aromatic rings. The van der Waals surface area contributed by atoms with Crippen LogP contribution in [0.15, 0.2) is 17.0 Å². The van der Waals surface area contributed by atoms with Crippen molar-refractivity contribution >= 4 is 21.8 Å². The predicted molar refractivity (Wildman–Crippen MR) is 105 cm³/mol. The number of ether oxygens (including phenoxy) is 1. The molecular formula is C19H29N3O5S. The van der Waals surface area contributed by atoms with Gasteiger partial charge in [-0.1, -0.05) is 31.5 Å². The molecule has 9 heteroatoms. The zero-order valence-corrected chi connectivity index (χ0v) is 17.9. The first kappa shape index (κ1) is 22.3. The highest BCUT2D eigenvalue weighted by Gasteiger charge is 2.38. The first-order chi connectivity index (χ1) is 13.0. The number of hydrogen-bond donors (Lipinski definition) is 2. The standard InChI is InChI=1S/C19H29N3O5S/c1-12(2)10-20-18(23)19(24)21-11-16-22(6-7-27-16)28(25,26)17-14(4)8-13(3)9-15(17)5/h8-9,12,16H,6-7,10-11H2,1-5H3,(H,20,23)(H,21,24)/t16-/m0/s1. The van der Waals surface area contributed by atoms with Gasteiger partial charge >= 0.3 is 11.8 Å². The molecule has 0 aliphatic carbocycles. The average molecular weight is 412 g/mol. The van der Waals surface area contributed by atoms with Crippen LogP contribution in [0.25, 0.3) is 0 Å². The molecule has 0 radical (unpaired) electrons. The van der Waals surface area contributed by atoms with Gasteiger partial charge in [0.15, 0.2) is 0 Å². The van der Waals surface area contributed by atoms with E-state index in [1.54, 1.807) is 13.8 Å². The fourth-order valence-corrected chi connectivity index (χ4v) is 5.20. The highest BCUT2D eigenvalue weighted by molar-refractivity contribution is 7.89. The molecule has 1 aliphatic rings. The first-order valence-electron chi connectivity index (χ1n) is 9.31. The number of aryl methyl sites for hydroxylation is 3. The highest BCUT2D eigenvalue weighted by Crippen LogP contribution is 2.28. The number of hydrogen-bond acceptors (Lipinski definition) is 5. The summed E-state index contributed by atoms with van der Waals surface area (Å²) in [7, 11) is -3.80. The fourth-order valence-electron chi connectivity index (χ4n) is 3.27. The van der Waals surface area contributed by atoms with Crippen LogP contribution in [0.4, 0.5) is 0 Å². The summed E-state index contributed by atoms with van der Waals surface area (Å²) < 4.78 is 33.2.